The molecule has 0 amide bonds. The lowest BCUT2D eigenvalue weighted by Crippen LogP contribution is -2.32. The van der Waals surface area contributed by atoms with Crippen molar-refractivity contribution in [2.45, 2.75) is 32.7 Å². The first-order chi connectivity index (χ1) is 12.6. The Morgan fingerprint density at radius 3 is 2.85 bits per heavy atom. The molecular formula is C21H18FNO3. The maximum absolute atomic E-state index is 13.6. The molecule has 0 radical (unpaired) electrons. The summed E-state index contributed by atoms with van der Waals surface area (Å²) in [6.45, 7) is 2.89. The molecule has 0 unspecified atom stereocenters. The van der Waals surface area contributed by atoms with E-state index < -0.39 is 0 Å². The fourth-order valence-corrected chi connectivity index (χ4v) is 4.18. The van der Waals surface area contributed by atoms with E-state index in [-0.39, 0.29) is 11.4 Å². The quantitative estimate of drug-likeness (QED) is 0.620. The Kier molecular flexibility index (Phi) is 3.32. The summed E-state index contributed by atoms with van der Waals surface area (Å²) < 4.78 is 25.2. The summed E-state index contributed by atoms with van der Waals surface area (Å²) in [5.74, 6) is 0.508. The van der Waals surface area contributed by atoms with Crippen molar-refractivity contribution in [3.05, 3.63) is 68.8 Å². The van der Waals surface area contributed by atoms with Gasteiger partial charge in [0.25, 0.3) is 0 Å². The van der Waals surface area contributed by atoms with Crippen LogP contribution in [0.4, 0.5) is 10.1 Å². The molecule has 0 atom stereocenters. The van der Waals surface area contributed by atoms with Gasteiger partial charge in [0.2, 0.25) is 0 Å². The lowest BCUT2D eigenvalue weighted by Gasteiger charge is -2.32. The van der Waals surface area contributed by atoms with E-state index in [1.54, 1.807) is 6.07 Å². The van der Waals surface area contributed by atoms with Gasteiger partial charge < -0.3 is 14.1 Å². The van der Waals surface area contributed by atoms with Crippen LogP contribution in [0, 0.1) is 12.7 Å². The Bertz CT molecular complexity index is 1100. The van der Waals surface area contributed by atoms with E-state index in [2.05, 4.69) is 6.07 Å². The van der Waals surface area contributed by atoms with Crippen molar-refractivity contribution in [1.82, 2.24) is 0 Å². The summed E-state index contributed by atoms with van der Waals surface area (Å²) in [5.41, 5.74) is 5.04. The second-order valence-corrected chi connectivity index (χ2v) is 7.02. The standard InChI is InChI=1S/C21H18FNO3/c1-12-19-13(10-23(11-25-19)15-5-2-4-14(22)9-15)8-18-16-6-3-7-17(16)21(24)26-20(12)18/h2,4-5,8-9H,3,6-7,10-11H2,1H3. The number of rotatable bonds is 1. The molecule has 5 heteroatoms. The van der Waals surface area contributed by atoms with Crippen molar-refractivity contribution < 1.29 is 13.5 Å². The number of benzene rings is 2. The van der Waals surface area contributed by atoms with Crippen LogP contribution < -0.4 is 15.3 Å². The van der Waals surface area contributed by atoms with Gasteiger partial charge in [0.15, 0.2) is 6.73 Å². The van der Waals surface area contributed by atoms with Crippen molar-refractivity contribution in [1.29, 1.82) is 0 Å². The Morgan fingerprint density at radius 2 is 2.00 bits per heavy atom. The molecule has 132 valence electrons. The monoisotopic (exact) mass is 351 g/mol. The van der Waals surface area contributed by atoms with Gasteiger partial charge in [-0.15, -0.1) is 0 Å². The molecule has 0 saturated carbocycles. The molecule has 4 nitrogen and oxygen atoms in total. The molecule has 0 saturated heterocycles. The number of halogens is 1. The van der Waals surface area contributed by atoms with Gasteiger partial charge in [0.1, 0.15) is 17.1 Å². The molecule has 0 fully saturated rings. The van der Waals surface area contributed by atoms with E-state index in [1.807, 2.05) is 17.9 Å². The molecule has 5 rings (SSSR count). The molecule has 2 aliphatic rings. The highest BCUT2D eigenvalue weighted by atomic mass is 19.1. The minimum atomic E-state index is -0.261. The molecule has 3 aromatic rings. The Balaban J connectivity index is 1.65. The minimum absolute atomic E-state index is 0.217. The van der Waals surface area contributed by atoms with Crippen LogP contribution >= 0.6 is 0 Å². The van der Waals surface area contributed by atoms with Crippen molar-refractivity contribution in [3.63, 3.8) is 0 Å². The Labute approximate surface area is 149 Å². The van der Waals surface area contributed by atoms with E-state index in [1.165, 1.54) is 12.1 Å². The first-order valence-corrected chi connectivity index (χ1v) is 8.86. The lowest BCUT2D eigenvalue weighted by atomic mass is 9.99. The predicted molar refractivity (Wildman–Crippen MR) is 97.3 cm³/mol. The van der Waals surface area contributed by atoms with Crippen LogP contribution in [0.2, 0.25) is 0 Å². The van der Waals surface area contributed by atoms with Crippen molar-refractivity contribution in [2.24, 2.45) is 0 Å². The third-order valence-corrected chi connectivity index (χ3v) is 5.42. The second-order valence-electron chi connectivity index (χ2n) is 7.02. The zero-order valence-corrected chi connectivity index (χ0v) is 14.5. The van der Waals surface area contributed by atoms with E-state index in [0.717, 1.165) is 58.3 Å². The van der Waals surface area contributed by atoms with E-state index in [9.17, 15) is 9.18 Å². The van der Waals surface area contributed by atoms with Gasteiger partial charge in [-0.25, -0.2) is 9.18 Å². The maximum Gasteiger partial charge on any atom is 0.339 e. The number of anilines is 1. The van der Waals surface area contributed by atoms with Crippen LogP contribution in [-0.4, -0.2) is 6.73 Å². The maximum atomic E-state index is 13.6. The number of hydrogen-bond acceptors (Lipinski definition) is 4. The van der Waals surface area contributed by atoms with Gasteiger partial charge in [-0.3, -0.25) is 0 Å². The summed E-state index contributed by atoms with van der Waals surface area (Å²) in [7, 11) is 0. The molecule has 0 bridgehead atoms. The van der Waals surface area contributed by atoms with Crippen LogP contribution in [0.15, 0.2) is 39.5 Å². The number of hydrogen-bond donors (Lipinski definition) is 0. The highest BCUT2D eigenvalue weighted by Crippen LogP contribution is 2.38. The SMILES string of the molecule is Cc1c2c(cc3c4c(c(=O)oc13)CCC4)CN(c1cccc(F)c1)CO2. The third-order valence-electron chi connectivity index (χ3n) is 5.42. The average Bonchev–Trinajstić information content (AvgIpc) is 3.13. The summed E-state index contributed by atoms with van der Waals surface area (Å²) in [6, 6.07) is 8.61. The number of nitrogens with zero attached hydrogens (tertiary/aromatic N) is 1. The number of aryl methyl sites for hydroxylation is 2. The zero-order valence-electron chi connectivity index (χ0n) is 14.5. The average molecular weight is 351 g/mol. The van der Waals surface area contributed by atoms with E-state index >= 15 is 0 Å². The molecule has 0 N–H and O–H groups in total. The third kappa shape index (κ3) is 2.23. The molecule has 26 heavy (non-hydrogen) atoms. The fraction of sp³-hybridized carbons (Fsp3) is 0.286. The van der Waals surface area contributed by atoms with Crippen LogP contribution in [-0.2, 0) is 19.4 Å². The van der Waals surface area contributed by atoms with Gasteiger partial charge in [-0.1, -0.05) is 6.07 Å². The van der Waals surface area contributed by atoms with E-state index in [4.69, 9.17) is 9.15 Å². The summed E-state index contributed by atoms with van der Waals surface area (Å²) >= 11 is 0. The largest absolute Gasteiger partial charge is 0.472 e. The van der Waals surface area contributed by atoms with Crippen molar-refractivity contribution in [2.75, 3.05) is 11.6 Å². The molecule has 0 spiro atoms. The summed E-state index contributed by atoms with van der Waals surface area (Å²) in [5, 5.41) is 1.01. The molecule has 2 heterocycles. The van der Waals surface area contributed by atoms with Gasteiger partial charge in [-0.05, 0) is 56.0 Å². The second kappa shape index (κ2) is 5.59. The number of ether oxygens (including phenoxy) is 1. The van der Waals surface area contributed by atoms with Gasteiger partial charge in [0.05, 0.1) is 0 Å². The highest BCUT2D eigenvalue weighted by Gasteiger charge is 2.26. The summed E-state index contributed by atoms with van der Waals surface area (Å²) in [4.78, 5) is 14.3. The summed E-state index contributed by atoms with van der Waals surface area (Å²) in [6.07, 6.45) is 2.68. The van der Waals surface area contributed by atoms with Gasteiger partial charge in [-0.2, -0.15) is 0 Å². The van der Waals surface area contributed by atoms with Gasteiger partial charge >= 0.3 is 5.63 Å². The molecular weight excluding hydrogens is 333 g/mol. The van der Waals surface area contributed by atoms with Crippen molar-refractivity contribution >= 4 is 16.7 Å². The van der Waals surface area contributed by atoms with Crippen LogP contribution in [0.5, 0.6) is 5.75 Å². The smallest absolute Gasteiger partial charge is 0.339 e. The Morgan fingerprint density at radius 1 is 1.15 bits per heavy atom. The van der Waals surface area contributed by atoms with Crippen LogP contribution in [0.25, 0.3) is 11.0 Å². The lowest BCUT2D eigenvalue weighted by molar-refractivity contribution is 0.287. The minimum Gasteiger partial charge on any atom is -0.472 e. The zero-order chi connectivity index (χ0) is 17.8. The number of fused-ring (bicyclic) bond motifs is 4. The molecule has 2 aromatic carbocycles. The van der Waals surface area contributed by atoms with Crippen LogP contribution in [0.1, 0.15) is 28.7 Å². The van der Waals surface area contributed by atoms with E-state index in [0.29, 0.717) is 18.9 Å². The highest BCUT2D eigenvalue weighted by molar-refractivity contribution is 5.87. The van der Waals surface area contributed by atoms with Gasteiger partial charge in [0, 0.05) is 34.3 Å². The predicted octanol–water partition coefficient (Wildman–Crippen LogP) is 4.09. The first kappa shape index (κ1) is 15.4. The molecule has 1 aromatic heterocycles. The van der Waals surface area contributed by atoms with Crippen molar-refractivity contribution in [3.8, 4) is 5.75 Å². The molecule has 1 aliphatic heterocycles. The normalized spacial score (nSPS) is 15.7. The first-order valence-electron chi connectivity index (χ1n) is 8.86. The fourth-order valence-electron chi connectivity index (χ4n) is 4.18. The topological polar surface area (TPSA) is 42.7 Å². The Hall–Kier alpha value is -2.82. The molecule has 1 aliphatic carbocycles. The van der Waals surface area contributed by atoms with Crippen LogP contribution in [0.3, 0.4) is 0 Å².